The predicted molar refractivity (Wildman–Crippen MR) is 133 cm³/mol. The lowest BCUT2D eigenvalue weighted by Gasteiger charge is -2.58. The number of hydrogen-bond acceptors (Lipinski definition) is 2. The van der Waals surface area contributed by atoms with E-state index in [9.17, 15) is 4.79 Å². The van der Waals surface area contributed by atoms with Crippen LogP contribution in [-0.4, -0.2) is 12.6 Å². The van der Waals surface area contributed by atoms with Gasteiger partial charge in [0.2, 0.25) is 0 Å². The predicted octanol–water partition coefficient (Wildman–Crippen LogP) is 8.14. The van der Waals surface area contributed by atoms with Gasteiger partial charge in [-0.15, -0.1) is 0 Å². The van der Waals surface area contributed by atoms with Crippen molar-refractivity contribution >= 4 is 5.97 Å². The van der Waals surface area contributed by atoms with Gasteiger partial charge in [0, 0.05) is 6.92 Å². The third kappa shape index (κ3) is 4.19. The quantitative estimate of drug-likeness (QED) is 0.370. The van der Waals surface area contributed by atoms with Crippen molar-refractivity contribution in [1.82, 2.24) is 0 Å². The van der Waals surface area contributed by atoms with E-state index in [0.717, 1.165) is 47.3 Å². The molecule has 4 aliphatic carbocycles. The van der Waals surface area contributed by atoms with Crippen LogP contribution in [-0.2, 0) is 9.53 Å². The van der Waals surface area contributed by atoms with Crippen molar-refractivity contribution in [2.24, 2.45) is 64.1 Å². The highest BCUT2D eigenvalue weighted by Crippen LogP contribution is 2.69. The largest absolute Gasteiger partial charge is 0.466 e. The lowest BCUT2D eigenvalue weighted by molar-refractivity contribution is -0.144. The van der Waals surface area contributed by atoms with Crippen molar-refractivity contribution in [2.75, 3.05) is 6.61 Å². The van der Waals surface area contributed by atoms with E-state index in [0.29, 0.717) is 23.4 Å². The van der Waals surface area contributed by atoms with Gasteiger partial charge < -0.3 is 4.74 Å². The minimum atomic E-state index is -0.102. The summed E-state index contributed by atoms with van der Waals surface area (Å²) in [6.07, 6.45) is 14.2. The van der Waals surface area contributed by atoms with Gasteiger partial charge in [-0.2, -0.15) is 0 Å². The lowest BCUT2D eigenvalue weighted by Crippen LogP contribution is -2.51. The zero-order valence-corrected chi connectivity index (χ0v) is 22.3. The van der Waals surface area contributed by atoms with Crippen LogP contribution in [0.4, 0.5) is 0 Å². The second-order valence-electron chi connectivity index (χ2n) is 13.7. The van der Waals surface area contributed by atoms with E-state index in [2.05, 4.69) is 41.5 Å². The Morgan fingerprint density at radius 1 is 0.844 bits per heavy atom. The van der Waals surface area contributed by atoms with Gasteiger partial charge in [-0.1, -0.05) is 54.4 Å². The van der Waals surface area contributed by atoms with Crippen LogP contribution in [0.3, 0.4) is 0 Å². The second kappa shape index (κ2) is 9.26. The van der Waals surface area contributed by atoms with E-state index >= 15 is 0 Å². The summed E-state index contributed by atoms with van der Waals surface area (Å²) < 4.78 is 5.50. The number of rotatable bonds is 7. The number of carbonyl (C=O) groups excluding carboxylic acids is 1. The van der Waals surface area contributed by atoms with Gasteiger partial charge in [0.15, 0.2) is 0 Å². The molecule has 2 heteroatoms. The Labute approximate surface area is 199 Å². The molecule has 0 heterocycles. The summed E-state index contributed by atoms with van der Waals surface area (Å²) in [5, 5.41) is 0. The molecule has 2 nitrogen and oxygen atoms in total. The van der Waals surface area contributed by atoms with E-state index in [1.165, 1.54) is 64.2 Å². The first-order valence-corrected chi connectivity index (χ1v) is 14.2. The first-order valence-electron chi connectivity index (χ1n) is 14.2. The molecule has 10 atom stereocenters. The van der Waals surface area contributed by atoms with Crippen molar-refractivity contribution in [1.29, 1.82) is 0 Å². The van der Waals surface area contributed by atoms with Gasteiger partial charge in [-0.3, -0.25) is 4.79 Å². The fourth-order valence-electron chi connectivity index (χ4n) is 9.79. The number of ether oxygens (including phenoxy) is 1. The Bertz CT molecular complexity index is 670. The molecule has 4 aliphatic rings. The Balaban J connectivity index is 1.43. The highest BCUT2D eigenvalue weighted by molar-refractivity contribution is 5.65. The zero-order valence-electron chi connectivity index (χ0n) is 22.3. The minimum Gasteiger partial charge on any atom is -0.466 e. The van der Waals surface area contributed by atoms with Crippen LogP contribution in [0.1, 0.15) is 113 Å². The fourth-order valence-corrected chi connectivity index (χ4v) is 9.79. The Hall–Kier alpha value is -0.530. The molecule has 0 aliphatic heterocycles. The Morgan fingerprint density at radius 2 is 1.50 bits per heavy atom. The molecule has 0 saturated heterocycles. The van der Waals surface area contributed by atoms with E-state index < -0.39 is 0 Å². The maximum atomic E-state index is 11.4. The van der Waals surface area contributed by atoms with E-state index in [-0.39, 0.29) is 5.97 Å². The van der Waals surface area contributed by atoms with Crippen LogP contribution in [0.5, 0.6) is 0 Å². The SMILES string of the molecule is CC(=O)OC[C@H]1CC[C@]2(C)C3CC[C@@]4(C)C(CC[C@@H]4[C@H](C)CCC(C)C(C)C)[C@@H]3CC[C@@H]12. The van der Waals surface area contributed by atoms with Gasteiger partial charge in [-0.25, -0.2) is 0 Å². The Morgan fingerprint density at radius 3 is 2.19 bits per heavy atom. The van der Waals surface area contributed by atoms with Crippen LogP contribution >= 0.6 is 0 Å². The molecule has 0 aromatic heterocycles. The van der Waals surface area contributed by atoms with Gasteiger partial charge in [0.25, 0.3) is 0 Å². The van der Waals surface area contributed by atoms with Crippen LogP contribution in [0.15, 0.2) is 0 Å². The van der Waals surface area contributed by atoms with Gasteiger partial charge in [0.05, 0.1) is 6.61 Å². The minimum absolute atomic E-state index is 0.102. The normalized spacial score (nSPS) is 45.1. The summed E-state index contributed by atoms with van der Waals surface area (Å²) in [7, 11) is 0. The van der Waals surface area contributed by atoms with Crippen molar-refractivity contribution < 1.29 is 9.53 Å². The maximum absolute atomic E-state index is 11.4. The van der Waals surface area contributed by atoms with Crippen molar-refractivity contribution in [3.63, 3.8) is 0 Å². The third-order valence-corrected chi connectivity index (χ3v) is 12.0. The molecule has 0 N–H and O–H groups in total. The number of fused-ring (bicyclic) bond motifs is 5. The van der Waals surface area contributed by atoms with E-state index in [1.807, 2.05) is 0 Å². The standard InChI is InChI=1S/C30H52O2/c1-19(2)20(3)8-9-21(4)25-12-13-27-24-10-11-26-23(18-32-22(5)31)14-16-30(26,7)28(24)15-17-29(25,27)6/h19-21,23-28H,8-18H2,1-7H3/t20?,21-,23-,24+,25-,26+,27?,28?,29-,30+/m1/s1. The second-order valence-corrected chi connectivity index (χ2v) is 13.7. The molecule has 0 aromatic rings. The highest BCUT2D eigenvalue weighted by atomic mass is 16.5. The van der Waals surface area contributed by atoms with Crippen LogP contribution in [0.2, 0.25) is 0 Å². The van der Waals surface area contributed by atoms with Crippen LogP contribution in [0, 0.1) is 64.1 Å². The van der Waals surface area contributed by atoms with Crippen LogP contribution < -0.4 is 0 Å². The van der Waals surface area contributed by atoms with Crippen LogP contribution in [0.25, 0.3) is 0 Å². The highest BCUT2D eigenvalue weighted by Gasteiger charge is 2.62. The third-order valence-electron chi connectivity index (χ3n) is 12.0. The molecule has 0 bridgehead atoms. The zero-order chi connectivity index (χ0) is 23.3. The molecule has 0 spiro atoms. The Kier molecular flexibility index (Phi) is 7.11. The number of carbonyl (C=O) groups is 1. The molecule has 4 saturated carbocycles. The van der Waals surface area contributed by atoms with Crippen molar-refractivity contribution in [2.45, 2.75) is 113 Å². The number of esters is 1. The lowest BCUT2D eigenvalue weighted by atomic mass is 9.46. The first-order chi connectivity index (χ1) is 15.1. The van der Waals surface area contributed by atoms with Gasteiger partial charge >= 0.3 is 5.97 Å². The summed E-state index contributed by atoms with van der Waals surface area (Å²) >= 11 is 0. The summed E-state index contributed by atoms with van der Waals surface area (Å²) in [6, 6.07) is 0. The molecule has 184 valence electrons. The topological polar surface area (TPSA) is 26.3 Å². The fraction of sp³-hybridized carbons (Fsp3) is 0.967. The maximum Gasteiger partial charge on any atom is 0.302 e. The summed E-state index contributed by atoms with van der Waals surface area (Å²) in [4.78, 5) is 11.4. The molecule has 0 radical (unpaired) electrons. The average molecular weight is 445 g/mol. The van der Waals surface area contributed by atoms with E-state index in [1.54, 1.807) is 6.92 Å². The molecular formula is C30H52O2. The summed E-state index contributed by atoms with van der Waals surface area (Å²) in [6.45, 7) is 17.4. The van der Waals surface area contributed by atoms with Gasteiger partial charge in [0.1, 0.15) is 0 Å². The number of hydrogen-bond donors (Lipinski definition) is 0. The molecule has 4 rings (SSSR count). The molecule has 4 fully saturated rings. The van der Waals surface area contributed by atoms with E-state index in [4.69, 9.17) is 4.74 Å². The first kappa shape index (κ1) is 24.6. The van der Waals surface area contributed by atoms with Crippen molar-refractivity contribution in [3.05, 3.63) is 0 Å². The molecule has 0 aromatic carbocycles. The molecular weight excluding hydrogens is 392 g/mol. The smallest absolute Gasteiger partial charge is 0.302 e. The van der Waals surface area contributed by atoms with Gasteiger partial charge in [-0.05, 0) is 115 Å². The molecule has 0 amide bonds. The monoisotopic (exact) mass is 444 g/mol. The summed E-state index contributed by atoms with van der Waals surface area (Å²) in [5.74, 6) is 7.61. The summed E-state index contributed by atoms with van der Waals surface area (Å²) in [5.41, 5.74) is 1.08. The average Bonchev–Trinajstić information content (AvgIpc) is 3.26. The van der Waals surface area contributed by atoms with Crippen molar-refractivity contribution in [3.8, 4) is 0 Å². The molecule has 32 heavy (non-hydrogen) atoms. The molecule has 3 unspecified atom stereocenters.